The van der Waals surface area contributed by atoms with Crippen molar-refractivity contribution in [2.24, 2.45) is 5.73 Å². The number of hydrogen-bond donors (Lipinski definition) is 2. The van der Waals surface area contributed by atoms with E-state index in [1.54, 1.807) is 6.08 Å². The van der Waals surface area contributed by atoms with Crippen LogP contribution in [0.1, 0.15) is 51.4 Å². The molecule has 0 rings (SSSR count). The Morgan fingerprint density at radius 2 is 1.61 bits per heavy atom. The second-order valence-electron chi connectivity index (χ2n) is 4.43. The van der Waals surface area contributed by atoms with Crippen LogP contribution in [0, 0.1) is 0 Å². The number of amides is 1. The number of carbonyl (C=O) groups is 1. The summed E-state index contributed by atoms with van der Waals surface area (Å²) in [7, 11) is 0. The van der Waals surface area contributed by atoms with Crippen LogP contribution in [0.5, 0.6) is 0 Å². The van der Waals surface area contributed by atoms with Gasteiger partial charge in [-0.2, -0.15) is 0 Å². The SMILES string of the molecule is C=CCOC(=O)NCCCCCCCCCCN. The van der Waals surface area contributed by atoms with Gasteiger partial charge >= 0.3 is 6.09 Å². The van der Waals surface area contributed by atoms with Crippen LogP contribution in [0.4, 0.5) is 4.79 Å². The average molecular weight is 256 g/mol. The van der Waals surface area contributed by atoms with Gasteiger partial charge in [0, 0.05) is 6.54 Å². The highest BCUT2D eigenvalue weighted by atomic mass is 16.5. The summed E-state index contributed by atoms with van der Waals surface area (Å²) in [6.45, 7) is 5.26. The maximum Gasteiger partial charge on any atom is 0.407 e. The second kappa shape index (κ2) is 14.0. The molecule has 18 heavy (non-hydrogen) atoms. The Morgan fingerprint density at radius 1 is 1.06 bits per heavy atom. The van der Waals surface area contributed by atoms with Gasteiger partial charge in [-0.25, -0.2) is 4.79 Å². The molecule has 0 aromatic carbocycles. The minimum atomic E-state index is -0.350. The van der Waals surface area contributed by atoms with Crippen molar-refractivity contribution < 1.29 is 9.53 Å². The Kier molecular flexibility index (Phi) is 13.2. The molecular formula is C14H28N2O2. The van der Waals surface area contributed by atoms with Gasteiger partial charge in [0.1, 0.15) is 6.61 Å². The summed E-state index contributed by atoms with van der Waals surface area (Å²) < 4.78 is 4.80. The first-order valence-electron chi connectivity index (χ1n) is 7.03. The van der Waals surface area contributed by atoms with Crippen molar-refractivity contribution in [2.75, 3.05) is 19.7 Å². The van der Waals surface area contributed by atoms with Gasteiger partial charge in [0.2, 0.25) is 0 Å². The van der Waals surface area contributed by atoms with Crippen LogP contribution in [0.15, 0.2) is 12.7 Å². The molecule has 4 heteroatoms. The monoisotopic (exact) mass is 256 g/mol. The number of nitrogens with one attached hydrogen (secondary N) is 1. The summed E-state index contributed by atoms with van der Waals surface area (Å²) in [4.78, 5) is 11.0. The lowest BCUT2D eigenvalue weighted by atomic mass is 10.1. The van der Waals surface area contributed by atoms with Gasteiger partial charge in [-0.1, -0.05) is 51.2 Å². The number of carbonyl (C=O) groups excluding carboxylic acids is 1. The molecule has 0 unspecified atom stereocenters. The smallest absolute Gasteiger partial charge is 0.407 e. The molecule has 0 aliphatic rings. The fourth-order valence-corrected chi connectivity index (χ4v) is 1.71. The Labute approximate surface area is 111 Å². The minimum Gasteiger partial charge on any atom is -0.445 e. The van der Waals surface area contributed by atoms with Crippen LogP contribution in [0.2, 0.25) is 0 Å². The zero-order valence-electron chi connectivity index (χ0n) is 11.5. The quantitative estimate of drug-likeness (QED) is 0.417. The predicted octanol–water partition coefficient (Wildman–Crippen LogP) is 2.98. The molecule has 0 saturated heterocycles. The molecule has 3 N–H and O–H groups in total. The third-order valence-corrected chi connectivity index (χ3v) is 2.73. The lowest BCUT2D eigenvalue weighted by Crippen LogP contribution is -2.25. The van der Waals surface area contributed by atoms with Crippen LogP contribution < -0.4 is 11.1 Å². The lowest BCUT2D eigenvalue weighted by molar-refractivity contribution is 0.158. The van der Waals surface area contributed by atoms with E-state index in [-0.39, 0.29) is 12.7 Å². The van der Waals surface area contributed by atoms with E-state index in [1.165, 1.54) is 38.5 Å². The zero-order valence-corrected chi connectivity index (χ0v) is 11.5. The number of alkyl carbamates (subject to hydrolysis) is 1. The Bertz CT molecular complexity index is 208. The van der Waals surface area contributed by atoms with Gasteiger partial charge in [-0.3, -0.25) is 0 Å². The molecule has 0 aliphatic heterocycles. The molecule has 0 heterocycles. The van der Waals surface area contributed by atoms with Crippen molar-refractivity contribution in [3.8, 4) is 0 Å². The summed E-state index contributed by atoms with van der Waals surface area (Å²) in [5.41, 5.74) is 5.43. The van der Waals surface area contributed by atoms with Crippen LogP contribution in [0.3, 0.4) is 0 Å². The summed E-state index contributed by atoms with van der Waals surface area (Å²) >= 11 is 0. The molecule has 0 radical (unpaired) electrons. The Hall–Kier alpha value is -1.03. The standard InChI is InChI=1S/C14H28N2O2/c1-2-13-18-14(17)16-12-10-8-6-4-3-5-7-9-11-15/h2H,1,3-13,15H2,(H,16,17). The first-order chi connectivity index (χ1) is 8.81. The molecule has 0 spiro atoms. The maximum absolute atomic E-state index is 11.0. The van der Waals surface area contributed by atoms with Crippen LogP contribution in [-0.2, 0) is 4.74 Å². The fraction of sp³-hybridized carbons (Fsp3) is 0.786. The van der Waals surface area contributed by atoms with Gasteiger partial charge in [0.15, 0.2) is 0 Å². The minimum absolute atomic E-state index is 0.272. The van der Waals surface area contributed by atoms with E-state index in [1.807, 2.05) is 0 Å². The van der Waals surface area contributed by atoms with Gasteiger partial charge in [0.05, 0.1) is 0 Å². The molecule has 0 aromatic rings. The molecule has 106 valence electrons. The fourth-order valence-electron chi connectivity index (χ4n) is 1.71. The van der Waals surface area contributed by atoms with Gasteiger partial charge in [0.25, 0.3) is 0 Å². The van der Waals surface area contributed by atoms with Crippen LogP contribution in [0.25, 0.3) is 0 Å². The normalized spacial score (nSPS) is 10.1. The zero-order chi connectivity index (χ0) is 13.5. The van der Waals surface area contributed by atoms with Crippen LogP contribution >= 0.6 is 0 Å². The van der Waals surface area contributed by atoms with Crippen molar-refractivity contribution in [3.63, 3.8) is 0 Å². The summed E-state index contributed by atoms with van der Waals surface area (Å²) in [6, 6.07) is 0. The first-order valence-corrected chi connectivity index (χ1v) is 7.03. The highest BCUT2D eigenvalue weighted by Gasteiger charge is 1.98. The number of hydrogen-bond acceptors (Lipinski definition) is 3. The average Bonchev–Trinajstić information content (AvgIpc) is 2.38. The lowest BCUT2D eigenvalue weighted by Gasteiger charge is -2.05. The molecule has 1 amide bonds. The Morgan fingerprint density at radius 3 is 2.17 bits per heavy atom. The van der Waals surface area contributed by atoms with E-state index in [4.69, 9.17) is 10.5 Å². The summed E-state index contributed by atoms with van der Waals surface area (Å²) in [5, 5.41) is 2.71. The number of unbranched alkanes of at least 4 members (excludes halogenated alkanes) is 7. The third-order valence-electron chi connectivity index (χ3n) is 2.73. The van der Waals surface area contributed by atoms with Crippen LogP contribution in [-0.4, -0.2) is 25.8 Å². The molecule has 4 nitrogen and oxygen atoms in total. The van der Waals surface area contributed by atoms with Crippen molar-refractivity contribution in [3.05, 3.63) is 12.7 Å². The van der Waals surface area contributed by atoms with E-state index in [0.717, 1.165) is 19.4 Å². The summed E-state index contributed by atoms with van der Waals surface area (Å²) in [6.07, 6.45) is 10.9. The predicted molar refractivity (Wildman–Crippen MR) is 75.5 cm³/mol. The molecular weight excluding hydrogens is 228 g/mol. The van der Waals surface area contributed by atoms with Gasteiger partial charge in [-0.05, 0) is 19.4 Å². The maximum atomic E-state index is 11.0. The molecule has 0 aromatic heterocycles. The first kappa shape index (κ1) is 17.0. The number of ether oxygens (including phenoxy) is 1. The van der Waals surface area contributed by atoms with Gasteiger partial charge < -0.3 is 15.8 Å². The van der Waals surface area contributed by atoms with Crippen molar-refractivity contribution in [2.45, 2.75) is 51.4 Å². The van der Waals surface area contributed by atoms with Gasteiger partial charge in [-0.15, -0.1) is 0 Å². The van der Waals surface area contributed by atoms with E-state index in [0.29, 0.717) is 6.54 Å². The van der Waals surface area contributed by atoms with E-state index in [9.17, 15) is 4.79 Å². The van der Waals surface area contributed by atoms with Crippen molar-refractivity contribution >= 4 is 6.09 Å². The topological polar surface area (TPSA) is 64.3 Å². The van der Waals surface area contributed by atoms with Crippen molar-refractivity contribution in [1.29, 1.82) is 0 Å². The highest BCUT2D eigenvalue weighted by Crippen LogP contribution is 2.07. The van der Waals surface area contributed by atoms with E-state index in [2.05, 4.69) is 11.9 Å². The largest absolute Gasteiger partial charge is 0.445 e. The molecule has 0 fully saturated rings. The highest BCUT2D eigenvalue weighted by molar-refractivity contribution is 5.67. The van der Waals surface area contributed by atoms with E-state index < -0.39 is 0 Å². The number of nitrogens with two attached hydrogens (primary N) is 1. The van der Waals surface area contributed by atoms with Crippen molar-refractivity contribution in [1.82, 2.24) is 5.32 Å². The van der Waals surface area contributed by atoms with E-state index >= 15 is 0 Å². The second-order valence-corrected chi connectivity index (χ2v) is 4.43. The molecule has 0 atom stereocenters. The number of rotatable bonds is 12. The molecule has 0 saturated carbocycles. The molecule has 0 aliphatic carbocycles. The third kappa shape index (κ3) is 13.0. The molecule has 0 bridgehead atoms. The Balaban J connectivity index is 3.06. The summed E-state index contributed by atoms with van der Waals surface area (Å²) in [5.74, 6) is 0.